The van der Waals surface area contributed by atoms with Crippen molar-refractivity contribution in [3.63, 3.8) is 0 Å². The van der Waals surface area contributed by atoms with Gasteiger partial charge in [0.1, 0.15) is 11.6 Å². The summed E-state index contributed by atoms with van der Waals surface area (Å²) in [6, 6.07) is 6.65. The highest BCUT2D eigenvalue weighted by Crippen LogP contribution is 2.23. The molecule has 76 valence electrons. The Labute approximate surface area is 84.8 Å². The van der Waals surface area contributed by atoms with Crippen LogP contribution in [0, 0.1) is 5.82 Å². The molecule has 0 aliphatic carbocycles. The van der Waals surface area contributed by atoms with Crippen molar-refractivity contribution < 1.29 is 9.50 Å². The van der Waals surface area contributed by atoms with Gasteiger partial charge in [0.15, 0.2) is 0 Å². The average molecular weight is 205 g/mol. The van der Waals surface area contributed by atoms with Crippen LogP contribution >= 0.6 is 0 Å². The number of H-pyrrole nitrogens is 1. The number of phenolic OH excluding ortho intramolecular Hbond substituents is 1. The number of hydrogen-bond donors (Lipinski definition) is 2. The number of aromatic amines is 1. The highest BCUT2D eigenvalue weighted by Gasteiger charge is 2.02. The minimum absolute atomic E-state index is 0.162. The van der Waals surface area contributed by atoms with Crippen LogP contribution in [-0.4, -0.2) is 10.1 Å². The summed E-state index contributed by atoms with van der Waals surface area (Å²) in [6.45, 7) is 0. The third kappa shape index (κ3) is 2.04. The van der Waals surface area contributed by atoms with Gasteiger partial charge in [-0.25, -0.2) is 4.39 Å². The lowest BCUT2D eigenvalue weighted by Gasteiger charge is -2.01. The van der Waals surface area contributed by atoms with Gasteiger partial charge in [0.2, 0.25) is 5.56 Å². The molecule has 0 aliphatic rings. The zero-order valence-electron chi connectivity index (χ0n) is 7.70. The molecule has 0 atom stereocenters. The Morgan fingerprint density at radius 3 is 2.60 bits per heavy atom. The van der Waals surface area contributed by atoms with Gasteiger partial charge >= 0.3 is 0 Å². The standard InChI is InChI=1S/C11H8FNO2/c12-9-3-8(4-10(14)6-9)7-1-2-13-11(15)5-7/h1-6,14H,(H,13,15). The van der Waals surface area contributed by atoms with E-state index in [0.29, 0.717) is 11.1 Å². The Balaban J connectivity index is 2.58. The monoisotopic (exact) mass is 205 g/mol. The van der Waals surface area contributed by atoms with Crippen molar-refractivity contribution in [2.75, 3.05) is 0 Å². The molecular weight excluding hydrogens is 197 g/mol. The summed E-state index contributed by atoms with van der Waals surface area (Å²) >= 11 is 0. The van der Waals surface area contributed by atoms with E-state index in [1.807, 2.05) is 0 Å². The van der Waals surface area contributed by atoms with Crippen molar-refractivity contribution >= 4 is 0 Å². The third-order valence-corrected chi connectivity index (χ3v) is 1.99. The Kier molecular flexibility index (Phi) is 2.25. The number of benzene rings is 1. The number of halogens is 1. The first-order chi connectivity index (χ1) is 7.15. The maximum atomic E-state index is 13.0. The molecule has 2 aromatic rings. The zero-order chi connectivity index (χ0) is 10.8. The molecule has 0 saturated heterocycles. The molecule has 2 rings (SSSR count). The molecule has 4 heteroatoms. The second kappa shape index (κ2) is 3.57. The second-order valence-corrected chi connectivity index (χ2v) is 3.14. The quantitative estimate of drug-likeness (QED) is 0.746. The lowest BCUT2D eigenvalue weighted by Crippen LogP contribution is -2.02. The number of aromatic hydroxyl groups is 1. The van der Waals surface area contributed by atoms with Gasteiger partial charge in [0, 0.05) is 18.3 Å². The minimum Gasteiger partial charge on any atom is -0.508 e. The van der Waals surface area contributed by atoms with E-state index in [9.17, 15) is 14.3 Å². The van der Waals surface area contributed by atoms with E-state index >= 15 is 0 Å². The lowest BCUT2D eigenvalue weighted by molar-refractivity contribution is 0.469. The van der Waals surface area contributed by atoms with Crippen LogP contribution in [-0.2, 0) is 0 Å². The molecule has 2 N–H and O–H groups in total. The van der Waals surface area contributed by atoms with Crippen LogP contribution in [0.2, 0.25) is 0 Å². The first-order valence-corrected chi connectivity index (χ1v) is 4.34. The van der Waals surface area contributed by atoms with Crippen molar-refractivity contribution in [3.05, 3.63) is 52.7 Å². The normalized spacial score (nSPS) is 10.2. The number of rotatable bonds is 1. The van der Waals surface area contributed by atoms with E-state index in [2.05, 4.69) is 4.98 Å². The molecule has 1 aromatic carbocycles. The minimum atomic E-state index is -0.537. The molecular formula is C11H8FNO2. The van der Waals surface area contributed by atoms with Crippen LogP contribution in [0.1, 0.15) is 0 Å². The number of pyridine rings is 1. The summed E-state index contributed by atoms with van der Waals surface area (Å²) in [7, 11) is 0. The van der Waals surface area contributed by atoms with E-state index in [1.165, 1.54) is 24.4 Å². The topological polar surface area (TPSA) is 53.1 Å². The maximum Gasteiger partial charge on any atom is 0.248 e. The predicted octanol–water partition coefficient (Wildman–Crippen LogP) is 1.89. The number of phenols is 1. The third-order valence-electron chi connectivity index (χ3n) is 1.99. The summed E-state index contributed by atoms with van der Waals surface area (Å²) in [6.07, 6.45) is 1.47. The Morgan fingerprint density at radius 2 is 1.93 bits per heavy atom. The van der Waals surface area contributed by atoms with E-state index in [4.69, 9.17) is 0 Å². The summed E-state index contributed by atoms with van der Waals surface area (Å²) in [5.74, 6) is -0.699. The molecule has 0 saturated carbocycles. The summed E-state index contributed by atoms with van der Waals surface area (Å²) in [5, 5.41) is 9.20. The van der Waals surface area contributed by atoms with Crippen molar-refractivity contribution in [1.82, 2.24) is 4.98 Å². The van der Waals surface area contributed by atoms with Crippen molar-refractivity contribution in [2.24, 2.45) is 0 Å². The number of hydrogen-bond acceptors (Lipinski definition) is 2. The summed E-state index contributed by atoms with van der Waals surface area (Å²) in [5.41, 5.74) is 0.767. The lowest BCUT2D eigenvalue weighted by atomic mass is 10.1. The molecule has 0 fully saturated rings. The van der Waals surface area contributed by atoms with Gasteiger partial charge in [0.05, 0.1) is 0 Å². The van der Waals surface area contributed by atoms with Crippen molar-refractivity contribution in [3.8, 4) is 16.9 Å². The molecule has 1 heterocycles. The van der Waals surface area contributed by atoms with Crippen LogP contribution in [0.4, 0.5) is 4.39 Å². The molecule has 15 heavy (non-hydrogen) atoms. The zero-order valence-corrected chi connectivity index (χ0v) is 7.70. The van der Waals surface area contributed by atoms with Gasteiger partial charge in [-0.1, -0.05) is 0 Å². The van der Waals surface area contributed by atoms with Crippen LogP contribution < -0.4 is 5.56 Å². The van der Waals surface area contributed by atoms with E-state index in [1.54, 1.807) is 6.07 Å². The smallest absolute Gasteiger partial charge is 0.248 e. The highest BCUT2D eigenvalue weighted by atomic mass is 19.1. The summed E-state index contributed by atoms with van der Waals surface area (Å²) < 4.78 is 13.0. The number of nitrogens with one attached hydrogen (secondary N) is 1. The molecule has 0 bridgehead atoms. The first-order valence-electron chi connectivity index (χ1n) is 4.34. The molecule has 3 nitrogen and oxygen atoms in total. The summed E-state index contributed by atoms with van der Waals surface area (Å²) in [4.78, 5) is 13.5. The van der Waals surface area contributed by atoms with Crippen LogP contribution in [0.5, 0.6) is 5.75 Å². The van der Waals surface area contributed by atoms with Gasteiger partial charge in [-0.3, -0.25) is 4.79 Å². The molecule has 1 aromatic heterocycles. The Morgan fingerprint density at radius 1 is 1.13 bits per heavy atom. The van der Waals surface area contributed by atoms with Gasteiger partial charge in [-0.15, -0.1) is 0 Å². The van der Waals surface area contributed by atoms with Crippen LogP contribution in [0.3, 0.4) is 0 Å². The SMILES string of the molecule is O=c1cc(-c2cc(O)cc(F)c2)cc[nH]1. The maximum absolute atomic E-state index is 13.0. The van der Waals surface area contributed by atoms with Gasteiger partial charge in [0.25, 0.3) is 0 Å². The van der Waals surface area contributed by atoms with Crippen LogP contribution in [0.15, 0.2) is 41.3 Å². The van der Waals surface area contributed by atoms with Crippen molar-refractivity contribution in [1.29, 1.82) is 0 Å². The fraction of sp³-hybridized carbons (Fsp3) is 0. The molecule has 0 amide bonds. The van der Waals surface area contributed by atoms with Gasteiger partial charge in [-0.05, 0) is 29.3 Å². The predicted molar refractivity (Wildman–Crippen MR) is 54.1 cm³/mol. The van der Waals surface area contributed by atoms with Crippen LogP contribution in [0.25, 0.3) is 11.1 Å². The molecule has 0 radical (unpaired) electrons. The van der Waals surface area contributed by atoms with E-state index in [0.717, 1.165) is 6.07 Å². The fourth-order valence-corrected chi connectivity index (χ4v) is 1.36. The fourth-order valence-electron chi connectivity index (χ4n) is 1.36. The average Bonchev–Trinajstić information content (AvgIpc) is 2.16. The highest BCUT2D eigenvalue weighted by molar-refractivity contribution is 5.64. The van der Waals surface area contributed by atoms with E-state index in [-0.39, 0.29) is 11.3 Å². The molecule has 0 unspecified atom stereocenters. The Hall–Kier alpha value is -2.10. The first kappa shape index (κ1) is 9.45. The van der Waals surface area contributed by atoms with E-state index < -0.39 is 5.82 Å². The molecule has 0 spiro atoms. The second-order valence-electron chi connectivity index (χ2n) is 3.14. The Bertz CT molecular complexity index is 528. The molecule has 0 aliphatic heterocycles. The van der Waals surface area contributed by atoms with Crippen molar-refractivity contribution in [2.45, 2.75) is 0 Å². The van der Waals surface area contributed by atoms with Gasteiger partial charge < -0.3 is 10.1 Å². The van der Waals surface area contributed by atoms with Gasteiger partial charge in [-0.2, -0.15) is 0 Å². The largest absolute Gasteiger partial charge is 0.508 e. The number of aromatic nitrogens is 1.